The molecule has 0 heterocycles. The van der Waals surface area contributed by atoms with Gasteiger partial charge in [-0.15, -0.1) is 0 Å². The first-order chi connectivity index (χ1) is 1.73. The summed E-state index contributed by atoms with van der Waals surface area (Å²) in [5, 5.41) is 8.06. The fraction of sp³-hybridized carbons (Fsp3) is 1.00. The van der Waals surface area contributed by atoms with Crippen LogP contribution >= 0.6 is 0 Å². The molecule has 7 heavy (non-hydrogen) atoms. The average Bonchev–Trinajstić information content (AvgIpc) is 0.811. The van der Waals surface area contributed by atoms with Crippen molar-refractivity contribution in [3.63, 3.8) is 0 Å². The second kappa shape index (κ2) is 15.7. The normalized spacial score (nSPS) is 5.14. The van der Waals surface area contributed by atoms with Crippen LogP contribution < -0.4 is 34.0 Å². The molecule has 0 saturated heterocycles. The fourth-order valence-electron chi connectivity index (χ4n) is 0. The molecule has 44 valence electrons. The molecule has 0 bridgehead atoms. The summed E-state index contributed by atoms with van der Waals surface area (Å²) in [6, 6.07) is 0. The van der Waals surface area contributed by atoms with E-state index in [4.69, 9.17) is 5.11 Å². The van der Waals surface area contributed by atoms with E-state index in [1.165, 1.54) is 0 Å². The summed E-state index contributed by atoms with van der Waals surface area (Å²) in [6.45, 7) is 3.44. The largest absolute Gasteiger partial charge is 2.00 e. The zero-order valence-electron chi connectivity index (χ0n) is 4.28. The van der Waals surface area contributed by atoms with E-state index in [-0.39, 0.29) is 66.3 Å². The van der Waals surface area contributed by atoms with Crippen LogP contribution in [0.3, 0.4) is 0 Å². The first kappa shape index (κ1) is 23.2. The van der Waals surface area contributed by atoms with Gasteiger partial charge in [0.15, 0.2) is 0 Å². The van der Waals surface area contributed by atoms with Gasteiger partial charge in [0.1, 0.15) is 0 Å². The second-order valence-electron chi connectivity index (χ2n) is 1.09. The van der Waals surface area contributed by atoms with E-state index < -0.39 is 0 Å². The Labute approximate surface area is 84.5 Å². The Kier molecular flexibility index (Phi) is 52.0. The van der Waals surface area contributed by atoms with Crippen LogP contribution in [-0.4, -0.2) is 11.2 Å². The van der Waals surface area contributed by atoms with Gasteiger partial charge in [-0.3, -0.25) is 0 Å². The second-order valence-corrected chi connectivity index (χ2v) is 1.09. The molecule has 0 amide bonds. The first-order valence-electron chi connectivity index (χ1n) is 1.41. The van der Waals surface area contributed by atoms with Crippen molar-refractivity contribution >= 4 is 0 Å². The van der Waals surface area contributed by atoms with Gasteiger partial charge >= 0.3 is 26.2 Å². The third-order valence-electron chi connectivity index (χ3n) is 0. The molecule has 0 aliphatic heterocycles. The van der Waals surface area contributed by atoms with Gasteiger partial charge in [-0.25, -0.2) is 0 Å². The van der Waals surface area contributed by atoms with E-state index in [1.807, 2.05) is 0 Å². The summed E-state index contributed by atoms with van der Waals surface area (Å²) in [6.07, 6.45) is -0.167. The minimum atomic E-state index is -0.167. The third kappa shape index (κ3) is 80.8. The van der Waals surface area contributed by atoms with Crippen LogP contribution in [0.2, 0.25) is 0 Å². The Hall–Kier alpha value is 1.80. The number of aliphatic hydroxyl groups excluding tert-OH is 1. The van der Waals surface area contributed by atoms with Crippen molar-refractivity contribution < 1.29 is 65.3 Å². The van der Waals surface area contributed by atoms with Gasteiger partial charge in [0.25, 0.3) is 0 Å². The minimum Gasteiger partial charge on any atom is -1.00 e. The maximum atomic E-state index is 8.06. The molecular weight excluding hydrogens is 303 g/mol. The molecule has 0 aromatic rings. The van der Waals surface area contributed by atoms with Crippen molar-refractivity contribution in [3.8, 4) is 0 Å². The topological polar surface area (TPSA) is 20.2 Å². The molecule has 0 aliphatic rings. The minimum absolute atomic E-state index is 0. The van der Waals surface area contributed by atoms with E-state index in [2.05, 4.69) is 0 Å². The zero-order chi connectivity index (χ0) is 3.58. The van der Waals surface area contributed by atoms with Crippen molar-refractivity contribution in [2.45, 2.75) is 20.0 Å². The van der Waals surface area contributed by atoms with E-state index >= 15 is 0 Å². The van der Waals surface area contributed by atoms with E-state index in [1.54, 1.807) is 13.8 Å². The molecule has 0 atom stereocenters. The first-order valence-corrected chi connectivity index (χ1v) is 1.41. The summed E-state index contributed by atoms with van der Waals surface area (Å²) < 4.78 is 0. The summed E-state index contributed by atoms with van der Waals surface area (Å²) in [5.41, 5.74) is 0. The van der Waals surface area contributed by atoms with Crippen LogP contribution in [0, 0.1) is 0 Å². The van der Waals surface area contributed by atoms with Crippen LogP contribution in [0.25, 0.3) is 0 Å². The van der Waals surface area contributed by atoms with Crippen molar-refractivity contribution in [2.75, 3.05) is 0 Å². The molecular formula is C3H8Br2OZr. The van der Waals surface area contributed by atoms with E-state index in [0.29, 0.717) is 0 Å². The number of aliphatic hydroxyl groups is 1. The number of hydrogen-bond donors (Lipinski definition) is 1. The molecule has 0 aromatic heterocycles. The van der Waals surface area contributed by atoms with Crippen molar-refractivity contribution in [2.24, 2.45) is 0 Å². The number of hydrogen-bond acceptors (Lipinski definition) is 1. The predicted octanol–water partition coefficient (Wildman–Crippen LogP) is -5.61. The SMILES string of the molecule is CC(C)O.[Br-].[Br-].[Zr+2]. The molecule has 0 rings (SSSR count). The molecule has 1 nitrogen and oxygen atoms in total. The van der Waals surface area contributed by atoms with Gasteiger partial charge in [-0.2, -0.15) is 0 Å². The number of halogens is 2. The van der Waals surface area contributed by atoms with Crippen molar-refractivity contribution in [3.05, 3.63) is 0 Å². The molecule has 0 aliphatic carbocycles. The van der Waals surface area contributed by atoms with E-state index in [9.17, 15) is 0 Å². The van der Waals surface area contributed by atoms with Crippen molar-refractivity contribution in [1.29, 1.82) is 0 Å². The Balaban J connectivity index is -0.0000000150. The number of rotatable bonds is 0. The Morgan fingerprint density at radius 2 is 1.14 bits per heavy atom. The summed E-state index contributed by atoms with van der Waals surface area (Å²) in [4.78, 5) is 0. The molecule has 4 heteroatoms. The van der Waals surface area contributed by atoms with Crippen LogP contribution in [0.4, 0.5) is 0 Å². The standard InChI is InChI=1S/C3H8O.2BrH.Zr/c1-3(2)4;;;/h3-4H,1-2H3;2*1H;/q;;;+2/p-2. The van der Waals surface area contributed by atoms with Gasteiger partial charge in [0.05, 0.1) is 0 Å². The van der Waals surface area contributed by atoms with Crippen LogP contribution in [0.15, 0.2) is 0 Å². The van der Waals surface area contributed by atoms with Gasteiger partial charge in [0, 0.05) is 6.10 Å². The van der Waals surface area contributed by atoms with Crippen LogP contribution in [0.5, 0.6) is 0 Å². The van der Waals surface area contributed by atoms with Gasteiger partial charge in [-0.1, -0.05) is 0 Å². The summed E-state index contributed by atoms with van der Waals surface area (Å²) in [5.74, 6) is 0. The van der Waals surface area contributed by atoms with Crippen LogP contribution in [-0.2, 0) is 26.2 Å². The maximum Gasteiger partial charge on any atom is 2.00 e. The van der Waals surface area contributed by atoms with E-state index in [0.717, 1.165) is 0 Å². The van der Waals surface area contributed by atoms with Gasteiger partial charge in [-0.05, 0) is 13.8 Å². The summed E-state index contributed by atoms with van der Waals surface area (Å²) in [7, 11) is 0. The van der Waals surface area contributed by atoms with Crippen molar-refractivity contribution in [1.82, 2.24) is 0 Å². The average molecular weight is 311 g/mol. The monoisotopic (exact) mass is 308 g/mol. The molecule has 0 spiro atoms. The smallest absolute Gasteiger partial charge is 1.00 e. The predicted molar refractivity (Wildman–Crippen MR) is 17.4 cm³/mol. The zero-order valence-corrected chi connectivity index (χ0v) is 9.91. The maximum absolute atomic E-state index is 8.06. The molecule has 1 N–H and O–H groups in total. The molecule has 0 saturated carbocycles. The quantitative estimate of drug-likeness (QED) is 0.473. The van der Waals surface area contributed by atoms with Crippen LogP contribution in [0.1, 0.15) is 13.8 Å². The molecule has 0 radical (unpaired) electrons. The Morgan fingerprint density at radius 3 is 1.14 bits per heavy atom. The summed E-state index contributed by atoms with van der Waals surface area (Å²) >= 11 is 0. The molecule has 0 aromatic carbocycles. The molecule has 0 unspecified atom stereocenters. The van der Waals surface area contributed by atoms with Gasteiger partial charge < -0.3 is 39.1 Å². The van der Waals surface area contributed by atoms with Gasteiger partial charge in [0.2, 0.25) is 0 Å². The molecule has 0 fully saturated rings. The Morgan fingerprint density at radius 1 is 1.14 bits per heavy atom. The third-order valence-corrected chi connectivity index (χ3v) is 0. The fourth-order valence-corrected chi connectivity index (χ4v) is 0. The Bertz CT molecular complexity index is 17.7.